The molecule has 0 spiro atoms. The minimum absolute atomic E-state index is 0.00279. The molecule has 37 heavy (non-hydrogen) atoms. The number of ether oxygens (including phenoxy) is 3. The van der Waals surface area contributed by atoms with E-state index in [2.05, 4.69) is 45.0 Å². The largest absolute Gasteiger partial charge is 0.495 e. The predicted molar refractivity (Wildman–Crippen MR) is 145 cm³/mol. The molecule has 0 radical (unpaired) electrons. The minimum atomic E-state index is -1.20. The number of likely N-dealkylation sites (N-methyl/N-ethyl adjacent to an activating group) is 1. The van der Waals surface area contributed by atoms with E-state index in [1.54, 1.807) is 19.5 Å². The van der Waals surface area contributed by atoms with Gasteiger partial charge in [-0.3, -0.25) is 9.88 Å². The fraction of sp³-hybridized carbons (Fsp3) is 0.433. The third-order valence-electron chi connectivity index (χ3n) is 8.76. The smallest absolute Gasteiger partial charge is 0.174 e. The third kappa shape index (κ3) is 3.90. The molecule has 2 saturated heterocycles. The molecule has 5 atom stereocenters. The van der Waals surface area contributed by atoms with E-state index in [1.165, 1.54) is 12.8 Å². The van der Waals surface area contributed by atoms with Gasteiger partial charge in [0.2, 0.25) is 0 Å². The Labute approximate surface area is 226 Å². The monoisotopic (exact) mass is 564 g/mol. The van der Waals surface area contributed by atoms with Crippen LogP contribution < -0.4 is 9.47 Å². The van der Waals surface area contributed by atoms with E-state index >= 15 is 0 Å². The molecule has 0 amide bonds. The minimum Gasteiger partial charge on any atom is -0.495 e. The summed E-state index contributed by atoms with van der Waals surface area (Å²) in [4.78, 5) is 6.72. The lowest BCUT2D eigenvalue weighted by molar-refractivity contribution is -0.106. The van der Waals surface area contributed by atoms with Crippen molar-refractivity contribution in [3.63, 3.8) is 0 Å². The normalized spacial score (nSPS) is 31.6. The zero-order valence-electron chi connectivity index (χ0n) is 21.3. The van der Waals surface area contributed by atoms with Crippen molar-refractivity contribution in [2.75, 3.05) is 27.4 Å². The van der Waals surface area contributed by atoms with Crippen LogP contribution in [0.1, 0.15) is 48.3 Å². The van der Waals surface area contributed by atoms with Crippen LogP contribution >= 0.6 is 15.9 Å². The second-order valence-corrected chi connectivity index (χ2v) is 11.4. The molecule has 6 nitrogen and oxygen atoms in total. The summed E-state index contributed by atoms with van der Waals surface area (Å²) in [5, 5.41) is 12.2. The molecule has 2 bridgehead atoms. The fourth-order valence-electron chi connectivity index (χ4n) is 6.85. The number of aliphatic hydroxyl groups is 1. The molecule has 1 N–H and O–H groups in total. The molecule has 4 heterocycles. The molecule has 3 aromatic rings. The summed E-state index contributed by atoms with van der Waals surface area (Å²) in [5.41, 5.74) is 0.661. The maximum absolute atomic E-state index is 12.2. The molecule has 1 saturated carbocycles. The molecule has 1 aliphatic carbocycles. The molecule has 194 valence electrons. The zero-order valence-corrected chi connectivity index (χ0v) is 22.9. The fourth-order valence-corrected chi connectivity index (χ4v) is 7.11. The van der Waals surface area contributed by atoms with Gasteiger partial charge in [-0.15, -0.1) is 0 Å². The van der Waals surface area contributed by atoms with Crippen LogP contribution in [-0.2, 0) is 15.9 Å². The van der Waals surface area contributed by atoms with Gasteiger partial charge in [0, 0.05) is 22.5 Å². The second-order valence-electron chi connectivity index (χ2n) is 10.5. The number of methoxy groups -OCH3 is 1. The zero-order chi connectivity index (χ0) is 25.6. The predicted octanol–water partition coefficient (Wildman–Crippen LogP) is 5.39. The maximum atomic E-state index is 12.2. The van der Waals surface area contributed by atoms with Gasteiger partial charge in [-0.05, 0) is 56.0 Å². The van der Waals surface area contributed by atoms with Crippen LogP contribution in [0.15, 0.2) is 71.5 Å². The van der Waals surface area contributed by atoms with Crippen molar-refractivity contribution in [2.24, 2.45) is 0 Å². The molecular formula is C30H33BrN2O4. The Morgan fingerprint density at radius 3 is 2.35 bits per heavy atom. The molecule has 1 aromatic heterocycles. The van der Waals surface area contributed by atoms with E-state index in [4.69, 9.17) is 14.2 Å². The molecule has 3 fully saturated rings. The molecular weight excluding hydrogens is 532 g/mol. The van der Waals surface area contributed by atoms with E-state index in [0.29, 0.717) is 23.5 Å². The van der Waals surface area contributed by atoms with Crippen LogP contribution in [0.25, 0.3) is 0 Å². The highest BCUT2D eigenvalue weighted by atomic mass is 79.9. The number of benzene rings is 2. The number of rotatable bonds is 3. The van der Waals surface area contributed by atoms with E-state index in [9.17, 15) is 5.11 Å². The van der Waals surface area contributed by atoms with Crippen LogP contribution in [0.4, 0.5) is 0 Å². The number of halogens is 1. The van der Waals surface area contributed by atoms with E-state index in [-0.39, 0.29) is 5.92 Å². The number of pyridine rings is 1. The van der Waals surface area contributed by atoms with Gasteiger partial charge in [-0.25, -0.2) is 0 Å². The molecule has 2 aromatic carbocycles. The van der Waals surface area contributed by atoms with Gasteiger partial charge in [0.25, 0.3) is 0 Å². The number of aromatic nitrogens is 1. The highest BCUT2D eigenvalue weighted by molar-refractivity contribution is 9.10. The van der Waals surface area contributed by atoms with Crippen LogP contribution in [0.3, 0.4) is 0 Å². The third-order valence-corrected chi connectivity index (χ3v) is 9.29. The maximum Gasteiger partial charge on any atom is 0.174 e. The standard InChI is InChI=1S/C23H20BrNO3.C7H13NO/c1-27-19-13-25-14-20-21(19)22(26)12-11-18(15-5-3-2-4-6-15)23(22,28-20)16-7-9-17(24)10-8-16;1-8-6-2-3-7(8)5-9-4-6/h2-10,13-14,18,26H,11-12H2,1H3;6-7H,2-5H2,1H3/t;6-,7?/m.0/s1. The van der Waals surface area contributed by atoms with Crippen molar-refractivity contribution in [3.8, 4) is 11.5 Å². The Hall–Kier alpha value is -2.45. The van der Waals surface area contributed by atoms with Crippen molar-refractivity contribution < 1.29 is 19.3 Å². The summed E-state index contributed by atoms with van der Waals surface area (Å²) in [5.74, 6) is 1.15. The van der Waals surface area contributed by atoms with Gasteiger partial charge in [0.05, 0.1) is 38.3 Å². The first-order valence-electron chi connectivity index (χ1n) is 13.0. The molecule has 7 rings (SSSR count). The van der Waals surface area contributed by atoms with Crippen molar-refractivity contribution in [3.05, 3.63) is 88.2 Å². The second kappa shape index (κ2) is 9.70. The van der Waals surface area contributed by atoms with E-state index in [1.807, 2.05) is 42.5 Å². The Kier molecular flexibility index (Phi) is 6.51. The summed E-state index contributed by atoms with van der Waals surface area (Å²) in [6.07, 6.45) is 7.41. The lowest BCUT2D eigenvalue weighted by atomic mass is 9.72. The Morgan fingerprint density at radius 1 is 1.00 bits per heavy atom. The lowest BCUT2D eigenvalue weighted by Gasteiger charge is -2.40. The van der Waals surface area contributed by atoms with Crippen molar-refractivity contribution >= 4 is 15.9 Å². The first-order valence-corrected chi connectivity index (χ1v) is 13.8. The number of nitrogens with zero attached hydrogens (tertiary/aromatic N) is 2. The first kappa shape index (κ1) is 24.9. The van der Waals surface area contributed by atoms with Crippen molar-refractivity contribution in [1.29, 1.82) is 0 Å². The van der Waals surface area contributed by atoms with Crippen LogP contribution in [-0.4, -0.2) is 54.4 Å². The number of hydrogen-bond acceptors (Lipinski definition) is 6. The van der Waals surface area contributed by atoms with Gasteiger partial charge in [0.15, 0.2) is 5.60 Å². The SMILES string of the molecule is CN1C2CC[C@H]1COC2.COc1cncc2c1C1(O)CCC(c3ccccc3)C1(c1ccc(Br)cc1)O2. The number of hydrogen-bond donors (Lipinski definition) is 1. The summed E-state index contributed by atoms with van der Waals surface area (Å²) < 4.78 is 18.6. The summed E-state index contributed by atoms with van der Waals surface area (Å²) in [6.45, 7) is 1.93. The summed E-state index contributed by atoms with van der Waals surface area (Å²) in [7, 11) is 3.81. The molecule has 3 aliphatic heterocycles. The van der Waals surface area contributed by atoms with Crippen LogP contribution in [0.5, 0.6) is 11.5 Å². The van der Waals surface area contributed by atoms with Gasteiger partial charge >= 0.3 is 0 Å². The topological polar surface area (TPSA) is 64.1 Å². The Bertz CT molecular complexity index is 1240. The average Bonchev–Trinajstić information content (AvgIpc) is 3.41. The summed E-state index contributed by atoms with van der Waals surface area (Å²) >= 11 is 3.52. The van der Waals surface area contributed by atoms with E-state index < -0.39 is 11.2 Å². The van der Waals surface area contributed by atoms with Gasteiger partial charge in [0.1, 0.15) is 17.1 Å². The number of morpholine rings is 1. The quantitative estimate of drug-likeness (QED) is 0.460. The molecule has 4 unspecified atom stereocenters. The van der Waals surface area contributed by atoms with Gasteiger partial charge < -0.3 is 19.3 Å². The van der Waals surface area contributed by atoms with E-state index in [0.717, 1.165) is 47.3 Å². The Balaban J connectivity index is 0.000000235. The van der Waals surface area contributed by atoms with Gasteiger partial charge in [-0.2, -0.15) is 0 Å². The first-order chi connectivity index (χ1) is 18.0. The number of fused-ring (bicyclic) bond motifs is 5. The average molecular weight is 566 g/mol. The lowest BCUT2D eigenvalue weighted by Crippen LogP contribution is -2.48. The highest BCUT2D eigenvalue weighted by Crippen LogP contribution is 2.67. The highest BCUT2D eigenvalue weighted by Gasteiger charge is 2.69. The van der Waals surface area contributed by atoms with Crippen LogP contribution in [0.2, 0.25) is 0 Å². The van der Waals surface area contributed by atoms with Crippen molar-refractivity contribution in [2.45, 2.75) is 54.9 Å². The van der Waals surface area contributed by atoms with Crippen molar-refractivity contribution in [1.82, 2.24) is 9.88 Å². The van der Waals surface area contributed by atoms with Gasteiger partial charge in [-0.1, -0.05) is 58.4 Å². The van der Waals surface area contributed by atoms with Crippen LogP contribution in [0, 0.1) is 0 Å². The Morgan fingerprint density at radius 2 is 1.70 bits per heavy atom. The molecule has 4 aliphatic rings. The summed E-state index contributed by atoms with van der Waals surface area (Å²) in [6, 6.07) is 19.8. The molecule has 7 heteroatoms.